The molecule has 21 heavy (non-hydrogen) atoms. The predicted molar refractivity (Wildman–Crippen MR) is 87.3 cm³/mol. The standard InChI is InChI=1S/C16H26N4O/c1-4-16(21)20-9-7-19(8-10-20)15-6-5-14(17)11-13(15)12-18(2)3/h5-6,11H,4,7-10,12,17H2,1-3H3. The van der Waals surface area contributed by atoms with Gasteiger partial charge in [-0.3, -0.25) is 4.79 Å². The van der Waals surface area contributed by atoms with Crippen LogP contribution in [0.15, 0.2) is 18.2 Å². The Morgan fingerprint density at radius 2 is 1.90 bits per heavy atom. The van der Waals surface area contributed by atoms with Crippen LogP contribution in [0, 0.1) is 0 Å². The number of amides is 1. The highest BCUT2D eigenvalue weighted by molar-refractivity contribution is 5.76. The molecule has 0 aliphatic carbocycles. The lowest BCUT2D eigenvalue weighted by atomic mass is 10.1. The Balaban J connectivity index is 2.11. The van der Waals surface area contributed by atoms with Crippen molar-refractivity contribution in [1.82, 2.24) is 9.80 Å². The maximum Gasteiger partial charge on any atom is 0.222 e. The molecule has 1 saturated heterocycles. The molecule has 0 aromatic heterocycles. The van der Waals surface area contributed by atoms with E-state index in [4.69, 9.17) is 5.73 Å². The highest BCUT2D eigenvalue weighted by Crippen LogP contribution is 2.25. The number of anilines is 2. The highest BCUT2D eigenvalue weighted by atomic mass is 16.2. The molecule has 1 heterocycles. The molecule has 0 atom stereocenters. The summed E-state index contributed by atoms with van der Waals surface area (Å²) < 4.78 is 0. The molecule has 5 heteroatoms. The van der Waals surface area contributed by atoms with Crippen LogP contribution in [-0.2, 0) is 11.3 Å². The first kappa shape index (κ1) is 15.6. The quantitative estimate of drug-likeness (QED) is 0.852. The summed E-state index contributed by atoms with van der Waals surface area (Å²) in [6.45, 7) is 6.17. The minimum atomic E-state index is 0.250. The molecule has 5 nitrogen and oxygen atoms in total. The Kier molecular flexibility index (Phi) is 5.07. The van der Waals surface area contributed by atoms with Crippen molar-refractivity contribution in [2.45, 2.75) is 19.9 Å². The molecule has 116 valence electrons. The SMILES string of the molecule is CCC(=O)N1CCN(c2ccc(N)cc2CN(C)C)CC1. The van der Waals surface area contributed by atoms with Gasteiger partial charge in [-0.25, -0.2) is 0 Å². The Morgan fingerprint density at radius 1 is 1.24 bits per heavy atom. The van der Waals surface area contributed by atoms with Gasteiger partial charge < -0.3 is 20.4 Å². The summed E-state index contributed by atoms with van der Waals surface area (Å²) in [4.78, 5) is 18.2. The minimum absolute atomic E-state index is 0.250. The third-order valence-corrected chi connectivity index (χ3v) is 3.87. The van der Waals surface area contributed by atoms with E-state index in [1.165, 1.54) is 11.3 Å². The summed E-state index contributed by atoms with van der Waals surface area (Å²) in [6.07, 6.45) is 0.591. The van der Waals surface area contributed by atoms with Crippen LogP contribution in [0.2, 0.25) is 0 Å². The van der Waals surface area contributed by atoms with Crippen molar-refractivity contribution in [3.8, 4) is 0 Å². The number of nitrogens with zero attached hydrogens (tertiary/aromatic N) is 3. The molecule has 0 unspecified atom stereocenters. The van der Waals surface area contributed by atoms with Gasteiger partial charge in [0.2, 0.25) is 5.91 Å². The van der Waals surface area contributed by atoms with Crippen LogP contribution < -0.4 is 10.6 Å². The Labute approximate surface area is 127 Å². The van der Waals surface area contributed by atoms with Crippen molar-refractivity contribution in [1.29, 1.82) is 0 Å². The zero-order valence-electron chi connectivity index (χ0n) is 13.3. The summed E-state index contributed by atoms with van der Waals surface area (Å²) in [6, 6.07) is 6.11. The molecule has 1 aromatic rings. The maximum atomic E-state index is 11.8. The first-order valence-electron chi connectivity index (χ1n) is 7.57. The maximum absolute atomic E-state index is 11.8. The van der Waals surface area contributed by atoms with Crippen molar-refractivity contribution < 1.29 is 4.79 Å². The molecule has 2 N–H and O–H groups in total. The van der Waals surface area contributed by atoms with Crippen LogP contribution in [0.1, 0.15) is 18.9 Å². The van der Waals surface area contributed by atoms with Gasteiger partial charge in [-0.2, -0.15) is 0 Å². The van der Waals surface area contributed by atoms with Crippen LogP contribution in [0.25, 0.3) is 0 Å². The van der Waals surface area contributed by atoms with Gasteiger partial charge in [-0.05, 0) is 37.9 Å². The number of nitrogen functional groups attached to an aromatic ring is 1. The lowest BCUT2D eigenvalue weighted by molar-refractivity contribution is -0.131. The second kappa shape index (κ2) is 6.80. The molecule has 1 aliphatic heterocycles. The van der Waals surface area contributed by atoms with E-state index in [9.17, 15) is 4.79 Å². The van der Waals surface area contributed by atoms with Crippen molar-refractivity contribution in [2.75, 3.05) is 50.9 Å². The molecule has 0 radical (unpaired) electrons. The molecule has 1 aromatic carbocycles. The van der Waals surface area contributed by atoms with E-state index < -0.39 is 0 Å². The molecule has 1 fully saturated rings. The fourth-order valence-corrected chi connectivity index (χ4v) is 2.80. The monoisotopic (exact) mass is 290 g/mol. The summed E-state index contributed by atoms with van der Waals surface area (Å²) in [5.41, 5.74) is 9.21. The van der Waals surface area contributed by atoms with Gasteiger partial charge in [-0.1, -0.05) is 6.92 Å². The zero-order chi connectivity index (χ0) is 15.4. The van der Waals surface area contributed by atoms with Crippen LogP contribution in [0.4, 0.5) is 11.4 Å². The van der Waals surface area contributed by atoms with E-state index in [0.717, 1.165) is 38.4 Å². The van der Waals surface area contributed by atoms with E-state index in [-0.39, 0.29) is 5.91 Å². The van der Waals surface area contributed by atoms with Crippen molar-refractivity contribution in [2.24, 2.45) is 0 Å². The molecule has 1 aliphatic rings. The third-order valence-electron chi connectivity index (χ3n) is 3.87. The molecule has 1 amide bonds. The van der Waals surface area contributed by atoms with E-state index in [1.807, 2.05) is 17.9 Å². The lowest BCUT2D eigenvalue weighted by Gasteiger charge is -2.37. The van der Waals surface area contributed by atoms with E-state index >= 15 is 0 Å². The van der Waals surface area contributed by atoms with Gasteiger partial charge in [0.15, 0.2) is 0 Å². The summed E-state index contributed by atoms with van der Waals surface area (Å²) in [7, 11) is 4.12. The second-order valence-electron chi connectivity index (χ2n) is 5.85. The number of carbonyl (C=O) groups is 1. The van der Waals surface area contributed by atoms with Crippen LogP contribution >= 0.6 is 0 Å². The van der Waals surface area contributed by atoms with Gasteiger partial charge in [-0.15, -0.1) is 0 Å². The van der Waals surface area contributed by atoms with Gasteiger partial charge in [0.05, 0.1) is 0 Å². The van der Waals surface area contributed by atoms with Gasteiger partial charge in [0.25, 0.3) is 0 Å². The highest BCUT2D eigenvalue weighted by Gasteiger charge is 2.21. The summed E-state index contributed by atoms with van der Waals surface area (Å²) in [5.74, 6) is 0.250. The van der Waals surface area contributed by atoms with Gasteiger partial charge >= 0.3 is 0 Å². The molecule has 2 rings (SSSR count). The lowest BCUT2D eigenvalue weighted by Crippen LogP contribution is -2.48. The average molecular weight is 290 g/mol. The fraction of sp³-hybridized carbons (Fsp3) is 0.562. The van der Waals surface area contributed by atoms with Crippen LogP contribution in [-0.4, -0.2) is 56.0 Å². The number of hydrogen-bond donors (Lipinski definition) is 1. The number of nitrogens with two attached hydrogens (primary N) is 1. The van der Waals surface area contributed by atoms with E-state index in [1.54, 1.807) is 0 Å². The molecular formula is C16H26N4O. The van der Waals surface area contributed by atoms with E-state index in [2.05, 4.69) is 36.0 Å². The van der Waals surface area contributed by atoms with Gasteiger partial charge in [0, 0.05) is 50.5 Å². The molecule has 0 saturated carbocycles. The average Bonchev–Trinajstić information content (AvgIpc) is 2.46. The molecule has 0 bridgehead atoms. The normalized spacial score (nSPS) is 15.6. The Bertz CT molecular complexity index is 493. The first-order valence-corrected chi connectivity index (χ1v) is 7.57. The van der Waals surface area contributed by atoms with E-state index in [0.29, 0.717) is 6.42 Å². The second-order valence-corrected chi connectivity index (χ2v) is 5.85. The number of carbonyl (C=O) groups excluding carboxylic acids is 1. The smallest absolute Gasteiger partial charge is 0.222 e. The minimum Gasteiger partial charge on any atom is -0.399 e. The summed E-state index contributed by atoms with van der Waals surface area (Å²) >= 11 is 0. The third kappa shape index (κ3) is 3.88. The Hall–Kier alpha value is -1.75. The van der Waals surface area contributed by atoms with Gasteiger partial charge in [0.1, 0.15) is 0 Å². The number of piperazine rings is 1. The van der Waals surface area contributed by atoms with Crippen molar-refractivity contribution in [3.63, 3.8) is 0 Å². The molecular weight excluding hydrogens is 264 g/mol. The number of hydrogen-bond acceptors (Lipinski definition) is 4. The van der Waals surface area contributed by atoms with Crippen molar-refractivity contribution in [3.05, 3.63) is 23.8 Å². The number of benzene rings is 1. The Morgan fingerprint density at radius 3 is 2.48 bits per heavy atom. The molecule has 0 spiro atoms. The first-order chi connectivity index (χ1) is 10.0. The summed E-state index contributed by atoms with van der Waals surface area (Å²) in [5, 5.41) is 0. The zero-order valence-corrected chi connectivity index (χ0v) is 13.3. The largest absolute Gasteiger partial charge is 0.399 e. The van der Waals surface area contributed by atoms with Crippen molar-refractivity contribution >= 4 is 17.3 Å². The van der Waals surface area contributed by atoms with Crippen LogP contribution in [0.3, 0.4) is 0 Å². The number of rotatable bonds is 4. The topological polar surface area (TPSA) is 52.8 Å². The van der Waals surface area contributed by atoms with Crippen LogP contribution in [0.5, 0.6) is 0 Å². The fourth-order valence-electron chi connectivity index (χ4n) is 2.80. The predicted octanol–water partition coefficient (Wildman–Crippen LogP) is 1.39.